The van der Waals surface area contributed by atoms with Crippen LogP contribution in [0.2, 0.25) is 0 Å². The summed E-state index contributed by atoms with van der Waals surface area (Å²) in [4.78, 5) is 10.7. The largest absolute Gasteiger partial charge is 0.302 e. The Hall–Kier alpha value is -0.240. The van der Waals surface area contributed by atoms with Crippen molar-refractivity contribution in [2.24, 2.45) is 0 Å². The summed E-state index contributed by atoms with van der Waals surface area (Å²) in [5.41, 5.74) is 0. The molecule has 0 atom stereocenters. The van der Waals surface area contributed by atoms with Gasteiger partial charge in [-0.15, -0.1) is 11.8 Å². The number of allylic oxidation sites excluding steroid dienone is 1. The minimum absolute atomic E-state index is 0.226. The number of aldehydes is 1. The second kappa shape index (κ2) is 3.25. The molecule has 68 valence electrons. The standard InChI is InChI=1S/C10H16OS/c1-4-5-10(6-7-10)12-9(2,3)8-11/h4-5,8H,6-7H2,1-3H3/b5-4+. The van der Waals surface area contributed by atoms with E-state index in [1.165, 1.54) is 12.8 Å². The van der Waals surface area contributed by atoms with Crippen molar-refractivity contribution >= 4 is 18.0 Å². The van der Waals surface area contributed by atoms with Crippen molar-refractivity contribution in [2.75, 3.05) is 0 Å². The van der Waals surface area contributed by atoms with Gasteiger partial charge in [0.25, 0.3) is 0 Å². The molecule has 0 spiro atoms. The highest BCUT2D eigenvalue weighted by atomic mass is 32.2. The van der Waals surface area contributed by atoms with E-state index >= 15 is 0 Å². The van der Waals surface area contributed by atoms with Gasteiger partial charge in [0.05, 0.1) is 4.75 Å². The zero-order valence-electron chi connectivity index (χ0n) is 7.96. The lowest BCUT2D eigenvalue weighted by Crippen LogP contribution is -2.21. The SMILES string of the molecule is C/C=C/C1(SC(C)(C)C=O)CC1. The van der Waals surface area contributed by atoms with Gasteiger partial charge in [-0.2, -0.15) is 0 Å². The number of carbonyl (C=O) groups is 1. The lowest BCUT2D eigenvalue weighted by Gasteiger charge is -2.21. The quantitative estimate of drug-likeness (QED) is 0.493. The molecule has 0 aromatic heterocycles. The van der Waals surface area contributed by atoms with Crippen LogP contribution in [0, 0.1) is 0 Å². The molecule has 12 heavy (non-hydrogen) atoms. The summed E-state index contributed by atoms with van der Waals surface area (Å²) in [5.74, 6) is 0. The van der Waals surface area contributed by atoms with Crippen LogP contribution >= 0.6 is 11.8 Å². The molecule has 1 nitrogen and oxygen atoms in total. The van der Waals surface area contributed by atoms with E-state index in [4.69, 9.17) is 0 Å². The Morgan fingerprint density at radius 1 is 1.42 bits per heavy atom. The smallest absolute Gasteiger partial charge is 0.135 e. The summed E-state index contributed by atoms with van der Waals surface area (Å²) in [6, 6.07) is 0. The molecule has 0 aliphatic heterocycles. The molecule has 0 bridgehead atoms. The Balaban J connectivity index is 2.56. The van der Waals surface area contributed by atoms with Crippen LogP contribution in [0.1, 0.15) is 33.6 Å². The van der Waals surface area contributed by atoms with Gasteiger partial charge in [-0.3, -0.25) is 0 Å². The highest BCUT2D eigenvalue weighted by molar-refractivity contribution is 8.03. The predicted molar refractivity (Wildman–Crippen MR) is 54.5 cm³/mol. The van der Waals surface area contributed by atoms with Crippen LogP contribution in [0.15, 0.2) is 12.2 Å². The molecule has 1 rings (SSSR count). The molecule has 0 unspecified atom stereocenters. The molecule has 0 aromatic carbocycles. The maximum absolute atomic E-state index is 10.7. The third-order valence-corrected chi connectivity index (χ3v) is 3.54. The minimum atomic E-state index is -0.226. The van der Waals surface area contributed by atoms with Gasteiger partial charge in [-0.1, -0.05) is 12.2 Å². The fourth-order valence-corrected chi connectivity index (χ4v) is 2.88. The Morgan fingerprint density at radius 2 is 2.00 bits per heavy atom. The van der Waals surface area contributed by atoms with E-state index < -0.39 is 0 Å². The fraction of sp³-hybridized carbons (Fsp3) is 0.700. The van der Waals surface area contributed by atoms with Crippen molar-refractivity contribution in [1.82, 2.24) is 0 Å². The molecular weight excluding hydrogens is 168 g/mol. The molecule has 1 aliphatic carbocycles. The van der Waals surface area contributed by atoms with E-state index in [-0.39, 0.29) is 4.75 Å². The molecule has 0 radical (unpaired) electrons. The van der Waals surface area contributed by atoms with Gasteiger partial charge in [0.1, 0.15) is 6.29 Å². The van der Waals surface area contributed by atoms with Gasteiger partial charge in [0.2, 0.25) is 0 Å². The van der Waals surface area contributed by atoms with Crippen LogP contribution in [0.5, 0.6) is 0 Å². The number of hydrogen-bond acceptors (Lipinski definition) is 2. The molecule has 0 amide bonds. The topological polar surface area (TPSA) is 17.1 Å². The first kappa shape index (κ1) is 9.85. The number of thioether (sulfide) groups is 1. The van der Waals surface area contributed by atoms with Crippen molar-refractivity contribution < 1.29 is 4.79 Å². The lowest BCUT2D eigenvalue weighted by atomic mass is 10.2. The molecular formula is C10H16OS. The van der Waals surface area contributed by atoms with Crippen molar-refractivity contribution in [2.45, 2.75) is 43.1 Å². The molecule has 1 saturated carbocycles. The number of hydrogen-bond donors (Lipinski definition) is 0. The maximum atomic E-state index is 10.7. The third-order valence-electron chi connectivity index (χ3n) is 1.96. The van der Waals surface area contributed by atoms with Gasteiger partial charge in [0, 0.05) is 4.75 Å². The predicted octanol–water partition coefficient (Wildman–Crippen LogP) is 2.81. The van der Waals surface area contributed by atoms with Crippen molar-refractivity contribution in [3.63, 3.8) is 0 Å². The monoisotopic (exact) mass is 184 g/mol. The number of rotatable bonds is 4. The van der Waals surface area contributed by atoms with E-state index in [9.17, 15) is 4.79 Å². The first-order chi connectivity index (χ1) is 5.54. The summed E-state index contributed by atoms with van der Waals surface area (Å²) >= 11 is 1.78. The highest BCUT2D eigenvalue weighted by Crippen LogP contribution is 2.53. The summed E-state index contributed by atoms with van der Waals surface area (Å²) in [6.45, 7) is 6.00. The maximum Gasteiger partial charge on any atom is 0.135 e. The van der Waals surface area contributed by atoms with E-state index in [2.05, 4.69) is 12.2 Å². The highest BCUT2D eigenvalue weighted by Gasteiger charge is 2.44. The minimum Gasteiger partial charge on any atom is -0.302 e. The molecule has 1 fully saturated rings. The van der Waals surface area contributed by atoms with Crippen LogP contribution in [-0.4, -0.2) is 15.8 Å². The van der Waals surface area contributed by atoms with Crippen LogP contribution < -0.4 is 0 Å². The normalized spacial score (nSPS) is 21.2. The van der Waals surface area contributed by atoms with Crippen LogP contribution in [0.3, 0.4) is 0 Å². The molecule has 2 heteroatoms. The summed E-state index contributed by atoms with van der Waals surface area (Å²) in [6.07, 6.45) is 7.80. The zero-order chi connectivity index (χ0) is 9.24. The summed E-state index contributed by atoms with van der Waals surface area (Å²) < 4.78 is 0.0647. The molecule has 0 heterocycles. The van der Waals surface area contributed by atoms with Crippen LogP contribution in [0.4, 0.5) is 0 Å². The molecule has 0 aromatic rings. The van der Waals surface area contributed by atoms with Gasteiger partial charge >= 0.3 is 0 Å². The van der Waals surface area contributed by atoms with Gasteiger partial charge < -0.3 is 4.79 Å². The average Bonchev–Trinajstić information content (AvgIpc) is 2.69. The zero-order valence-corrected chi connectivity index (χ0v) is 8.78. The van der Waals surface area contributed by atoms with Crippen molar-refractivity contribution in [3.05, 3.63) is 12.2 Å². The van der Waals surface area contributed by atoms with Gasteiger partial charge in [-0.25, -0.2) is 0 Å². The Morgan fingerprint density at radius 3 is 2.33 bits per heavy atom. The van der Waals surface area contributed by atoms with E-state index in [1.54, 1.807) is 11.8 Å². The van der Waals surface area contributed by atoms with E-state index in [0.29, 0.717) is 4.75 Å². The van der Waals surface area contributed by atoms with Crippen molar-refractivity contribution in [3.8, 4) is 0 Å². The molecule has 1 aliphatic rings. The number of carbonyl (C=O) groups excluding carboxylic acids is 1. The first-order valence-corrected chi connectivity index (χ1v) is 5.16. The summed E-state index contributed by atoms with van der Waals surface area (Å²) in [7, 11) is 0. The summed E-state index contributed by atoms with van der Waals surface area (Å²) in [5, 5.41) is 0. The Kier molecular flexibility index (Phi) is 2.67. The molecule has 0 saturated heterocycles. The molecule has 0 N–H and O–H groups in total. The van der Waals surface area contributed by atoms with Gasteiger partial charge in [-0.05, 0) is 33.6 Å². The Labute approximate surface area is 78.6 Å². The average molecular weight is 184 g/mol. The Bertz CT molecular complexity index is 202. The lowest BCUT2D eigenvalue weighted by molar-refractivity contribution is -0.109. The van der Waals surface area contributed by atoms with Crippen LogP contribution in [-0.2, 0) is 4.79 Å². The van der Waals surface area contributed by atoms with E-state index in [1.807, 2.05) is 20.8 Å². The second-order valence-electron chi connectivity index (χ2n) is 3.89. The first-order valence-electron chi connectivity index (χ1n) is 4.34. The van der Waals surface area contributed by atoms with Crippen molar-refractivity contribution in [1.29, 1.82) is 0 Å². The third kappa shape index (κ3) is 2.37. The fourth-order valence-electron chi connectivity index (χ4n) is 1.28. The van der Waals surface area contributed by atoms with Crippen LogP contribution in [0.25, 0.3) is 0 Å². The van der Waals surface area contributed by atoms with Gasteiger partial charge in [0.15, 0.2) is 0 Å². The second-order valence-corrected chi connectivity index (χ2v) is 5.96. The van der Waals surface area contributed by atoms with E-state index in [0.717, 1.165) is 6.29 Å².